The normalized spacial score (nSPS) is 14.5. The van der Waals surface area contributed by atoms with Gasteiger partial charge in [-0.25, -0.2) is 0 Å². The van der Waals surface area contributed by atoms with E-state index in [9.17, 15) is 0 Å². The van der Waals surface area contributed by atoms with Crippen LogP contribution in [-0.4, -0.2) is 57.4 Å². The Balaban J connectivity index is 0.000000123. The number of rotatable bonds is 11. The van der Waals surface area contributed by atoms with E-state index in [1.807, 2.05) is 48.5 Å². The predicted molar refractivity (Wildman–Crippen MR) is 560 cm³/mol. The number of fused-ring (bicyclic) bond motifs is 16. The summed E-state index contributed by atoms with van der Waals surface area (Å²) >= 11 is 0. The van der Waals surface area contributed by atoms with E-state index in [-0.39, 0.29) is 103 Å². The third kappa shape index (κ3) is 17.4. The second-order valence-electron chi connectivity index (χ2n) is 36.4. The van der Waals surface area contributed by atoms with Gasteiger partial charge in [-0.3, -0.25) is 0 Å². The van der Waals surface area contributed by atoms with Crippen molar-refractivity contribution in [2.24, 2.45) is 0 Å². The number of allylic oxidation sites excluding steroid dienone is 6. The summed E-state index contributed by atoms with van der Waals surface area (Å²) in [6.07, 6.45) is 25.4. The number of aromatic nitrogens is 8. The average molecular weight is 1860 g/mol. The molecule has 14 aromatic carbocycles. The number of hydrogen-bond donors (Lipinski definition) is 0. The Hall–Kier alpha value is -12.6. The molecule has 0 saturated carbocycles. The monoisotopic (exact) mass is 1860 g/mol. The van der Waals surface area contributed by atoms with Crippen LogP contribution in [0, 0.1) is 0 Å². The molecular weight excluding hydrogens is 1750 g/mol. The van der Waals surface area contributed by atoms with Gasteiger partial charge in [-0.15, -0.1) is 29.6 Å². The summed E-state index contributed by atoms with van der Waals surface area (Å²) in [6, 6.07) is 120. The van der Waals surface area contributed by atoms with Crippen molar-refractivity contribution in [2.45, 2.75) is 104 Å². The molecule has 1 radical (unpaired) electrons. The maximum absolute atomic E-state index is 6.17. The van der Waals surface area contributed by atoms with Crippen LogP contribution in [0.5, 0.6) is 0 Å². The van der Waals surface area contributed by atoms with Gasteiger partial charge in [0.15, 0.2) is 0 Å². The number of para-hydroxylation sites is 9. The van der Waals surface area contributed by atoms with E-state index in [2.05, 4.69) is 458 Å². The van der Waals surface area contributed by atoms with Gasteiger partial charge in [-0.1, -0.05) is 286 Å². The number of benzene rings is 14. The Morgan fingerprint density at radius 3 is 1.12 bits per heavy atom. The molecule has 0 fully saturated rings. The minimum absolute atomic E-state index is 0. The van der Waals surface area contributed by atoms with E-state index in [4.69, 9.17) is 10.2 Å². The first-order valence-electron chi connectivity index (χ1n) is 46.4. The molecule has 0 saturated heterocycles. The Labute approximate surface area is 848 Å². The first-order valence-corrected chi connectivity index (χ1v) is 46.5. The van der Waals surface area contributed by atoms with Crippen LogP contribution in [0.4, 0.5) is 11.4 Å². The molecule has 6 aromatic heterocycles. The van der Waals surface area contributed by atoms with Crippen LogP contribution < -0.4 is 81.7 Å². The quantitative estimate of drug-likeness (QED) is 0.0553. The summed E-state index contributed by atoms with van der Waals surface area (Å²) in [7, 11) is 2.25. The fourth-order valence-electron chi connectivity index (χ4n) is 20.0. The standard InChI is InChI=1S/C42H29N3.C30H30N4O2.C30H22N2.C16H17N.CH5P.K.H2P.V/c1-7-19-37-31(13-1)32-14-2-8-20-38(32)43(37)28-25-29(44-39-21-9-3-15-33(39)34-16-4-10-22-40(34)44)27-30(26-28)45-41-23-11-5-17-35(41)36-18-6-12-24-42(36)45;1-29(2,3)23-14-10-19(11-15-23)25-31-33-27(35-25)21-8-7-9-22(18-21)28-34-32-26(36-28)20-12-16-24(17-13-20)30(4,5)6;1-5-16-27-23(12-1)24-13-2-6-17-28(24)31(27)21-10-9-11-22(20-21)32-29-18-7-3-14-25(29)26-15-4-8-19-30(26)32;1-3-12(2)17-15-10-6-4-8-13(15)14-9-5-7-11-16(14)17;1-2;;;/h1-17,19-23,25-27H,18,24H2;7-18H,1-6H3;1-20,27,29H;4-12H,3H2,1-2H3;2H2,1H3;;1H2;/q;;+2;;;+1;-1;/i;;;;1T;;;. The summed E-state index contributed by atoms with van der Waals surface area (Å²) < 4.78 is 33.0. The summed E-state index contributed by atoms with van der Waals surface area (Å²) in [5, 5.41) is 31.4. The molecule has 4 atom stereocenters. The average Bonchev–Trinajstić information content (AvgIpc) is 1.57. The zero-order valence-corrected chi connectivity index (χ0v) is 84.3. The summed E-state index contributed by atoms with van der Waals surface area (Å²) in [4.78, 5) is 0. The van der Waals surface area contributed by atoms with Gasteiger partial charge in [-0.2, -0.15) is 9.15 Å². The fraction of sp³-hybridized carbons (Fsp3) is 0.143. The number of nitrogens with zero attached hydrogens (tertiary/aromatic N) is 10. The molecule has 3 aliphatic carbocycles. The van der Waals surface area contributed by atoms with Crippen molar-refractivity contribution in [1.82, 2.24) is 47.8 Å². The molecule has 8 heterocycles. The fourth-order valence-corrected chi connectivity index (χ4v) is 20.0. The van der Waals surface area contributed by atoms with Crippen LogP contribution in [0.15, 0.2) is 403 Å². The minimum Gasteiger partial charge on any atom is -0.577 e. The Bertz CT molecular complexity index is 7880. The van der Waals surface area contributed by atoms with Gasteiger partial charge in [0.1, 0.15) is 0 Å². The second-order valence-corrected chi connectivity index (χ2v) is 36.4. The number of hydrogen-bond acceptors (Lipinski definition) is 6. The van der Waals surface area contributed by atoms with E-state index in [1.54, 1.807) is 0 Å². The zero-order valence-electron chi connectivity index (χ0n) is 78.5. The van der Waals surface area contributed by atoms with Crippen molar-refractivity contribution >= 4 is 118 Å². The topological polar surface area (TPSA) is 104 Å². The Morgan fingerprint density at radius 2 is 0.719 bits per heavy atom. The van der Waals surface area contributed by atoms with E-state index < -0.39 is 0 Å². The van der Waals surface area contributed by atoms with Crippen molar-refractivity contribution in [3.63, 3.8) is 0 Å². The van der Waals surface area contributed by atoms with Gasteiger partial charge < -0.3 is 37.0 Å². The van der Waals surface area contributed by atoms with Gasteiger partial charge in [0, 0.05) is 144 Å². The largest absolute Gasteiger partial charge is 1.00 e. The molecule has 657 valence electrons. The van der Waals surface area contributed by atoms with Crippen LogP contribution in [-0.2, 0) is 42.2 Å². The first kappa shape index (κ1) is 91.5. The van der Waals surface area contributed by atoms with Crippen molar-refractivity contribution in [2.75, 3.05) is 6.64 Å². The van der Waals surface area contributed by atoms with Gasteiger partial charge in [0.2, 0.25) is 57.7 Å². The van der Waals surface area contributed by atoms with Crippen molar-refractivity contribution < 1.29 is 80.1 Å². The van der Waals surface area contributed by atoms with Gasteiger partial charge in [-0.05, 0) is 181 Å². The smallest absolute Gasteiger partial charge is 0.577 e. The molecular formula is C119H105KN10O2P2V+2. The summed E-state index contributed by atoms with van der Waals surface area (Å²) in [6.45, 7) is 18.1. The predicted octanol–water partition coefficient (Wildman–Crippen LogP) is 23.4. The molecule has 135 heavy (non-hydrogen) atoms. The molecule has 0 amide bonds. The van der Waals surface area contributed by atoms with Gasteiger partial charge >= 0.3 is 51.4 Å². The first-order chi connectivity index (χ1) is 65.1. The van der Waals surface area contributed by atoms with Crippen LogP contribution in [0.1, 0.15) is 91.6 Å². The van der Waals surface area contributed by atoms with Crippen LogP contribution >= 0.6 is 19.1 Å². The van der Waals surface area contributed by atoms with E-state index >= 15 is 0 Å². The van der Waals surface area contributed by atoms with Gasteiger partial charge in [0.05, 0.1) is 61.1 Å². The van der Waals surface area contributed by atoms with E-state index in [0.717, 1.165) is 52.9 Å². The molecule has 25 rings (SSSR count). The molecule has 5 aliphatic rings. The molecule has 16 heteroatoms. The van der Waals surface area contributed by atoms with E-state index in [1.165, 1.54) is 148 Å². The molecule has 2 aliphatic heterocycles. The molecule has 12 nitrogen and oxygen atoms in total. The third-order valence-corrected chi connectivity index (χ3v) is 26.5. The Morgan fingerprint density at radius 1 is 0.385 bits per heavy atom. The van der Waals surface area contributed by atoms with Crippen LogP contribution in [0.3, 0.4) is 0 Å². The van der Waals surface area contributed by atoms with Crippen molar-refractivity contribution in [3.8, 4) is 62.9 Å². The molecule has 20 aromatic rings. The third-order valence-electron chi connectivity index (χ3n) is 26.5. The van der Waals surface area contributed by atoms with Crippen molar-refractivity contribution in [3.05, 3.63) is 438 Å². The maximum Gasteiger partial charge on any atom is 1.00 e. The van der Waals surface area contributed by atoms with E-state index in [0.29, 0.717) is 36.2 Å². The van der Waals surface area contributed by atoms with Crippen molar-refractivity contribution in [1.29, 1.82) is 0 Å². The summed E-state index contributed by atoms with van der Waals surface area (Å²) in [5.74, 6) is 1.83. The zero-order chi connectivity index (χ0) is 90.6. The molecule has 0 N–H and O–H groups in total. The maximum atomic E-state index is 6.17. The second kappa shape index (κ2) is 39.4. The molecule has 4 unspecified atom stereocenters. The Kier molecular flexibility index (Phi) is 26.7. The SMILES string of the molecule is C1=CC2=c3ccccc3=[N+](c3cccc([N+]4=c5ccccc5=C5C=CC=CC54)c3)C2C=C1.C1=CCc2c(c3ccccc3n2-c2cc(-n3c4ccccc4c4ccccc43)cc(-n3c4ccccc4c4ccccc43)c2)C1.CC(C)(C)c1ccc(-c2nnc(-c3cccc(-c4nnc(-c5ccc(C(C)(C)C)cc5)o4)c3)o2)cc1.CCC(C)n1c2ccccc2c2ccccc21.[3H]CP.[K+].[PH2-].[V]. The minimum atomic E-state index is 0. The molecule has 0 bridgehead atoms. The summed E-state index contributed by atoms with van der Waals surface area (Å²) in [5.41, 5.74) is 26.3. The van der Waals surface area contributed by atoms with Gasteiger partial charge in [0.25, 0.3) is 0 Å². The van der Waals surface area contributed by atoms with Crippen LogP contribution in [0.25, 0.3) is 150 Å². The van der Waals surface area contributed by atoms with Crippen LogP contribution in [0.2, 0.25) is 0 Å². The molecule has 0 spiro atoms.